The highest BCUT2D eigenvalue weighted by Gasteiger charge is 2.46. The van der Waals surface area contributed by atoms with Gasteiger partial charge in [0.1, 0.15) is 5.76 Å². The summed E-state index contributed by atoms with van der Waals surface area (Å²) >= 11 is 0. The van der Waals surface area contributed by atoms with Crippen LogP contribution in [-0.2, 0) is 18.5 Å². The van der Waals surface area contributed by atoms with Gasteiger partial charge in [-0.2, -0.15) is 5.10 Å². The molecule has 31 heavy (non-hydrogen) atoms. The summed E-state index contributed by atoms with van der Waals surface area (Å²) in [6, 6.07) is 0.430. The molecule has 4 heterocycles. The average Bonchev–Trinajstić information content (AvgIpc) is 3.40. The molecule has 2 aromatic heterocycles. The SMILES string of the molecule is CCc1ocnc1C(=O)Nc1n[nH]c2c1CN(C(=O)N1C[C@@H](C)N(C)C[C@@H]1C)C2(C)C. The van der Waals surface area contributed by atoms with Crippen LogP contribution in [0.4, 0.5) is 10.6 Å². The molecule has 0 spiro atoms. The number of aryl methyl sites for hydroxylation is 1. The largest absolute Gasteiger partial charge is 0.448 e. The van der Waals surface area contributed by atoms with Crippen molar-refractivity contribution < 1.29 is 14.0 Å². The molecule has 0 bridgehead atoms. The fourth-order valence-electron chi connectivity index (χ4n) is 4.52. The number of likely N-dealkylation sites (N-methyl/N-ethyl adjacent to an activating group) is 1. The minimum absolute atomic E-state index is 0.00379. The zero-order valence-electron chi connectivity index (χ0n) is 19.0. The molecule has 0 aliphatic carbocycles. The zero-order valence-corrected chi connectivity index (χ0v) is 19.0. The second-order valence-electron chi connectivity index (χ2n) is 9.08. The van der Waals surface area contributed by atoms with Crippen molar-refractivity contribution >= 4 is 17.8 Å². The third-order valence-corrected chi connectivity index (χ3v) is 6.65. The molecule has 2 N–H and O–H groups in total. The third-order valence-electron chi connectivity index (χ3n) is 6.65. The van der Waals surface area contributed by atoms with Crippen LogP contribution in [0.3, 0.4) is 0 Å². The first-order chi connectivity index (χ1) is 14.6. The second-order valence-corrected chi connectivity index (χ2v) is 9.08. The van der Waals surface area contributed by atoms with Gasteiger partial charge in [0, 0.05) is 37.2 Å². The molecule has 0 saturated carbocycles. The fraction of sp³-hybridized carbons (Fsp3) is 0.619. The highest BCUT2D eigenvalue weighted by Crippen LogP contribution is 2.41. The number of H-pyrrole nitrogens is 1. The number of amides is 3. The first-order valence-corrected chi connectivity index (χ1v) is 10.7. The number of fused-ring (bicyclic) bond motifs is 1. The summed E-state index contributed by atoms with van der Waals surface area (Å²) in [7, 11) is 2.09. The van der Waals surface area contributed by atoms with Crippen LogP contribution in [0.1, 0.15) is 62.1 Å². The van der Waals surface area contributed by atoms with Gasteiger partial charge >= 0.3 is 6.03 Å². The maximum absolute atomic E-state index is 13.5. The molecule has 10 nitrogen and oxygen atoms in total. The van der Waals surface area contributed by atoms with Crippen molar-refractivity contribution in [1.82, 2.24) is 29.9 Å². The van der Waals surface area contributed by atoms with E-state index in [2.05, 4.69) is 46.3 Å². The molecule has 2 aliphatic rings. The number of carbonyl (C=O) groups is 2. The number of aromatic amines is 1. The molecule has 2 atom stereocenters. The van der Waals surface area contributed by atoms with Crippen LogP contribution in [0.25, 0.3) is 0 Å². The van der Waals surface area contributed by atoms with Gasteiger partial charge in [-0.05, 0) is 34.7 Å². The maximum atomic E-state index is 13.5. The lowest BCUT2D eigenvalue weighted by Crippen LogP contribution is -2.60. The van der Waals surface area contributed by atoms with Gasteiger partial charge in [-0.1, -0.05) is 6.92 Å². The van der Waals surface area contributed by atoms with Gasteiger partial charge in [-0.3, -0.25) is 14.8 Å². The number of rotatable bonds is 3. The van der Waals surface area contributed by atoms with E-state index in [1.807, 2.05) is 30.6 Å². The van der Waals surface area contributed by atoms with Crippen LogP contribution < -0.4 is 5.32 Å². The molecule has 2 aromatic rings. The lowest BCUT2D eigenvalue weighted by molar-refractivity contribution is 0.0457. The zero-order chi connectivity index (χ0) is 22.5. The number of hydrogen-bond acceptors (Lipinski definition) is 6. The number of hydrogen-bond donors (Lipinski definition) is 2. The van der Waals surface area contributed by atoms with E-state index in [0.717, 1.165) is 17.8 Å². The highest BCUT2D eigenvalue weighted by molar-refractivity contribution is 6.03. The van der Waals surface area contributed by atoms with E-state index in [-0.39, 0.29) is 23.7 Å². The summed E-state index contributed by atoms with van der Waals surface area (Å²) in [6.45, 7) is 12.0. The number of anilines is 1. The Kier molecular flexibility index (Phi) is 5.28. The van der Waals surface area contributed by atoms with Crippen molar-refractivity contribution in [3.05, 3.63) is 29.1 Å². The van der Waals surface area contributed by atoms with E-state index >= 15 is 0 Å². The number of nitrogens with one attached hydrogen (secondary N) is 2. The normalized spacial score (nSPS) is 23.2. The topological polar surface area (TPSA) is 111 Å². The minimum Gasteiger partial charge on any atom is -0.448 e. The predicted molar refractivity (Wildman–Crippen MR) is 115 cm³/mol. The Balaban J connectivity index is 1.55. The molecule has 4 rings (SSSR count). The fourth-order valence-corrected chi connectivity index (χ4v) is 4.52. The molecule has 10 heteroatoms. The van der Waals surface area contributed by atoms with Gasteiger partial charge in [0.25, 0.3) is 5.91 Å². The molecular weight excluding hydrogens is 398 g/mol. The molecule has 0 radical (unpaired) electrons. The van der Waals surface area contributed by atoms with Crippen LogP contribution in [0.2, 0.25) is 0 Å². The Bertz CT molecular complexity index is 995. The van der Waals surface area contributed by atoms with Crippen LogP contribution in [0, 0.1) is 0 Å². The van der Waals surface area contributed by atoms with E-state index < -0.39 is 5.54 Å². The molecule has 2 aliphatic heterocycles. The van der Waals surface area contributed by atoms with Crippen LogP contribution in [0.5, 0.6) is 0 Å². The first kappa shape index (κ1) is 21.4. The van der Waals surface area contributed by atoms with Crippen molar-refractivity contribution in [2.24, 2.45) is 0 Å². The number of urea groups is 1. The quantitative estimate of drug-likeness (QED) is 0.775. The number of nitrogens with zero attached hydrogens (tertiary/aromatic N) is 5. The van der Waals surface area contributed by atoms with E-state index in [4.69, 9.17) is 4.42 Å². The van der Waals surface area contributed by atoms with E-state index in [1.165, 1.54) is 6.39 Å². The summed E-state index contributed by atoms with van der Waals surface area (Å²) in [5.41, 5.74) is 1.34. The summed E-state index contributed by atoms with van der Waals surface area (Å²) < 4.78 is 5.26. The maximum Gasteiger partial charge on any atom is 0.321 e. The molecule has 3 amide bonds. The highest BCUT2D eigenvalue weighted by atomic mass is 16.3. The van der Waals surface area contributed by atoms with Gasteiger partial charge < -0.3 is 19.5 Å². The molecule has 1 saturated heterocycles. The van der Waals surface area contributed by atoms with Gasteiger partial charge in [0.15, 0.2) is 17.9 Å². The van der Waals surface area contributed by atoms with E-state index in [9.17, 15) is 9.59 Å². The number of carbonyl (C=O) groups excluding carboxylic acids is 2. The lowest BCUT2D eigenvalue weighted by atomic mass is 10.0. The van der Waals surface area contributed by atoms with Crippen molar-refractivity contribution in [3.8, 4) is 0 Å². The second kappa shape index (κ2) is 7.67. The molecule has 0 aromatic carbocycles. The minimum atomic E-state index is -0.572. The van der Waals surface area contributed by atoms with Crippen LogP contribution in [0.15, 0.2) is 10.8 Å². The molecule has 0 unspecified atom stereocenters. The Morgan fingerprint density at radius 2 is 2.03 bits per heavy atom. The van der Waals surface area contributed by atoms with Gasteiger partial charge in [0.05, 0.1) is 17.8 Å². The average molecular weight is 430 g/mol. The summed E-state index contributed by atoms with van der Waals surface area (Å²) in [6.07, 6.45) is 1.84. The number of oxazole rings is 1. The van der Waals surface area contributed by atoms with Gasteiger partial charge in [-0.15, -0.1) is 0 Å². The number of aromatic nitrogens is 3. The molecule has 1 fully saturated rings. The molecule has 168 valence electrons. The van der Waals surface area contributed by atoms with Crippen LogP contribution in [-0.4, -0.2) is 74.0 Å². The van der Waals surface area contributed by atoms with Crippen molar-refractivity contribution in [3.63, 3.8) is 0 Å². The Labute approximate surface area is 182 Å². The summed E-state index contributed by atoms with van der Waals surface area (Å²) in [4.78, 5) is 36.3. The monoisotopic (exact) mass is 429 g/mol. The molecular formula is C21H31N7O3. The Morgan fingerprint density at radius 3 is 2.74 bits per heavy atom. The van der Waals surface area contributed by atoms with Crippen molar-refractivity contribution in [1.29, 1.82) is 0 Å². The summed E-state index contributed by atoms with van der Waals surface area (Å²) in [5.74, 6) is 0.581. The Morgan fingerprint density at radius 1 is 1.29 bits per heavy atom. The van der Waals surface area contributed by atoms with E-state index in [0.29, 0.717) is 37.1 Å². The van der Waals surface area contributed by atoms with E-state index in [1.54, 1.807) is 0 Å². The van der Waals surface area contributed by atoms with Crippen molar-refractivity contribution in [2.45, 2.75) is 65.2 Å². The third kappa shape index (κ3) is 3.48. The Hall–Kier alpha value is -2.88. The number of piperazine rings is 1. The predicted octanol–water partition coefficient (Wildman–Crippen LogP) is 2.41. The standard InChI is InChI=1S/C21H31N7O3/c1-7-15-16(22-11-31-15)19(29)23-18-14-10-28(21(4,5)17(14)24-25-18)20(30)27-9-12(2)26(6)8-13(27)3/h11-13H,7-10H2,1-6H3,(H2,23,24,25,29)/t12-,13+/m1/s1. The smallest absolute Gasteiger partial charge is 0.321 e. The lowest BCUT2D eigenvalue weighted by Gasteiger charge is -2.45. The van der Waals surface area contributed by atoms with Gasteiger partial charge in [0.2, 0.25) is 0 Å². The van der Waals surface area contributed by atoms with Crippen molar-refractivity contribution in [2.75, 3.05) is 25.5 Å². The van der Waals surface area contributed by atoms with Gasteiger partial charge in [-0.25, -0.2) is 9.78 Å². The summed E-state index contributed by atoms with van der Waals surface area (Å²) in [5, 5.41) is 10.2. The van der Waals surface area contributed by atoms with Crippen LogP contribution >= 0.6 is 0 Å². The first-order valence-electron chi connectivity index (χ1n) is 10.7.